The predicted molar refractivity (Wildman–Crippen MR) is 92.6 cm³/mol. The second kappa shape index (κ2) is 7.35. The van der Waals surface area contributed by atoms with Crippen LogP contribution in [0.25, 0.3) is 0 Å². The Balaban J connectivity index is 1.83. The molecule has 126 valence electrons. The summed E-state index contributed by atoms with van der Waals surface area (Å²) >= 11 is 5.91. The fourth-order valence-electron chi connectivity index (χ4n) is 2.74. The second-order valence-electron chi connectivity index (χ2n) is 7.38. The average molecular weight is 337 g/mol. The highest BCUT2D eigenvalue weighted by molar-refractivity contribution is 6.30. The highest BCUT2D eigenvalue weighted by Gasteiger charge is 2.26. The van der Waals surface area contributed by atoms with E-state index in [9.17, 15) is 9.59 Å². The lowest BCUT2D eigenvalue weighted by atomic mass is 9.91. The molecular formula is C18H25ClN2O2. The third-order valence-corrected chi connectivity index (χ3v) is 4.19. The Morgan fingerprint density at radius 3 is 2.48 bits per heavy atom. The number of carbonyl (C=O) groups excluding carboxylic acids is 2. The molecular weight excluding hydrogens is 312 g/mol. The van der Waals surface area contributed by atoms with Crippen LogP contribution in [0.4, 0.5) is 0 Å². The number of rotatable bonds is 3. The summed E-state index contributed by atoms with van der Waals surface area (Å²) in [4.78, 5) is 26.4. The molecule has 0 saturated carbocycles. The van der Waals surface area contributed by atoms with E-state index in [-0.39, 0.29) is 23.3 Å². The molecule has 0 spiro atoms. The van der Waals surface area contributed by atoms with Crippen LogP contribution in [0.5, 0.6) is 0 Å². The minimum Gasteiger partial charge on any atom is -0.349 e. The van der Waals surface area contributed by atoms with Crippen LogP contribution in [0.3, 0.4) is 0 Å². The van der Waals surface area contributed by atoms with Gasteiger partial charge in [0, 0.05) is 36.1 Å². The maximum absolute atomic E-state index is 12.2. The van der Waals surface area contributed by atoms with Gasteiger partial charge in [0.05, 0.1) is 0 Å². The standard InChI is InChI=1S/C18H25ClN2O2/c1-18(2,3)12-16(22)21-9-7-15(8-10-21)20-17(23)13-5-4-6-14(19)11-13/h4-6,11,15H,7-10,12H2,1-3H3,(H,20,23). The molecule has 1 aromatic rings. The van der Waals surface area contributed by atoms with Crippen molar-refractivity contribution < 1.29 is 9.59 Å². The summed E-state index contributed by atoms with van der Waals surface area (Å²) < 4.78 is 0. The molecule has 1 aliphatic heterocycles. The van der Waals surface area contributed by atoms with Crippen molar-refractivity contribution >= 4 is 23.4 Å². The molecule has 0 radical (unpaired) electrons. The summed E-state index contributed by atoms with van der Waals surface area (Å²) in [5.74, 6) is 0.101. The highest BCUT2D eigenvalue weighted by Crippen LogP contribution is 2.22. The van der Waals surface area contributed by atoms with E-state index < -0.39 is 0 Å². The Morgan fingerprint density at radius 1 is 1.26 bits per heavy atom. The highest BCUT2D eigenvalue weighted by atomic mass is 35.5. The van der Waals surface area contributed by atoms with Crippen molar-refractivity contribution in [3.63, 3.8) is 0 Å². The normalized spacial score (nSPS) is 16.3. The first kappa shape index (κ1) is 17.8. The van der Waals surface area contributed by atoms with Gasteiger partial charge in [-0.2, -0.15) is 0 Å². The van der Waals surface area contributed by atoms with E-state index in [1.165, 1.54) is 0 Å². The van der Waals surface area contributed by atoms with Crippen LogP contribution in [0.15, 0.2) is 24.3 Å². The Labute approximate surface area is 143 Å². The number of hydrogen-bond donors (Lipinski definition) is 1. The molecule has 1 heterocycles. The van der Waals surface area contributed by atoms with Gasteiger partial charge >= 0.3 is 0 Å². The molecule has 2 rings (SSSR count). The van der Waals surface area contributed by atoms with E-state index in [1.807, 2.05) is 4.90 Å². The Morgan fingerprint density at radius 2 is 1.91 bits per heavy atom. The van der Waals surface area contributed by atoms with Gasteiger partial charge in [-0.25, -0.2) is 0 Å². The zero-order chi connectivity index (χ0) is 17.0. The van der Waals surface area contributed by atoms with Crippen LogP contribution in [-0.2, 0) is 4.79 Å². The third kappa shape index (κ3) is 5.54. The number of halogens is 1. The van der Waals surface area contributed by atoms with Gasteiger partial charge in [0.15, 0.2) is 0 Å². The van der Waals surface area contributed by atoms with Crippen LogP contribution < -0.4 is 5.32 Å². The van der Waals surface area contributed by atoms with Crippen molar-refractivity contribution in [2.24, 2.45) is 5.41 Å². The largest absolute Gasteiger partial charge is 0.349 e. The van der Waals surface area contributed by atoms with Crippen LogP contribution in [0.1, 0.15) is 50.4 Å². The maximum Gasteiger partial charge on any atom is 0.251 e. The van der Waals surface area contributed by atoms with E-state index in [1.54, 1.807) is 24.3 Å². The summed E-state index contributed by atoms with van der Waals surface area (Å²) in [6, 6.07) is 7.05. The van der Waals surface area contributed by atoms with E-state index in [4.69, 9.17) is 11.6 Å². The number of likely N-dealkylation sites (tertiary alicyclic amines) is 1. The van der Waals surface area contributed by atoms with Crippen molar-refractivity contribution in [1.29, 1.82) is 0 Å². The summed E-state index contributed by atoms with van der Waals surface area (Å²) in [6.45, 7) is 7.62. The quantitative estimate of drug-likeness (QED) is 0.918. The Hall–Kier alpha value is -1.55. The monoisotopic (exact) mass is 336 g/mol. The molecule has 1 saturated heterocycles. The summed E-state index contributed by atoms with van der Waals surface area (Å²) in [7, 11) is 0. The summed E-state index contributed by atoms with van der Waals surface area (Å²) in [5.41, 5.74) is 0.582. The van der Waals surface area contributed by atoms with Crippen LogP contribution in [0, 0.1) is 5.41 Å². The van der Waals surface area contributed by atoms with Crippen molar-refractivity contribution in [2.45, 2.75) is 46.1 Å². The molecule has 0 bridgehead atoms. The number of carbonyl (C=O) groups is 2. The van der Waals surface area contributed by atoms with E-state index in [0.29, 0.717) is 30.1 Å². The van der Waals surface area contributed by atoms with Gasteiger partial charge in [0.25, 0.3) is 5.91 Å². The van der Waals surface area contributed by atoms with E-state index in [0.717, 1.165) is 12.8 Å². The average Bonchev–Trinajstić information content (AvgIpc) is 2.46. The summed E-state index contributed by atoms with van der Waals surface area (Å²) in [5, 5.41) is 3.59. The Bertz CT molecular complexity index is 573. The molecule has 4 nitrogen and oxygen atoms in total. The molecule has 2 amide bonds. The predicted octanol–water partition coefficient (Wildman–Crippen LogP) is 3.50. The molecule has 0 unspecified atom stereocenters. The molecule has 0 atom stereocenters. The van der Waals surface area contributed by atoms with E-state index >= 15 is 0 Å². The minimum absolute atomic E-state index is 0.00866. The zero-order valence-corrected chi connectivity index (χ0v) is 14.8. The van der Waals surface area contributed by atoms with Crippen molar-refractivity contribution in [3.05, 3.63) is 34.9 Å². The lowest BCUT2D eigenvalue weighted by Crippen LogP contribution is -2.47. The van der Waals surface area contributed by atoms with Crippen molar-refractivity contribution in [3.8, 4) is 0 Å². The first-order valence-corrected chi connectivity index (χ1v) is 8.46. The fraction of sp³-hybridized carbons (Fsp3) is 0.556. The molecule has 5 heteroatoms. The molecule has 0 aliphatic carbocycles. The van der Waals surface area contributed by atoms with Gasteiger partial charge in [-0.3, -0.25) is 9.59 Å². The molecule has 23 heavy (non-hydrogen) atoms. The summed E-state index contributed by atoms with van der Waals surface area (Å²) in [6.07, 6.45) is 2.15. The fourth-order valence-corrected chi connectivity index (χ4v) is 2.93. The topological polar surface area (TPSA) is 49.4 Å². The molecule has 1 fully saturated rings. The number of hydrogen-bond acceptors (Lipinski definition) is 2. The first-order chi connectivity index (χ1) is 10.7. The van der Waals surface area contributed by atoms with E-state index in [2.05, 4.69) is 26.1 Å². The van der Waals surface area contributed by atoms with Gasteiger partial charge in [0.2, 0.25) is 5.91 Å². The number of piperidine rings is 1. The number of benzene rings is 1. The number of nitrogens with zero attached hydrogens (tertiary/aromatic N) is 1. The van der Waals surface area contributed by atoms with Gasteiger partial charge in [-0.15, -0.1) is 0 Å². The van der Waals surface area contributed by atoms with Crippen LogP contribution in [-0.4, -0.2) is 35.8 Å². The third-order valence-electron chi connectivity index (χ3n) is 3.95. The van der Waals surface area contributed by atoms with Gasteiger partial charge in [-0.05, 0) is 36.5 Å². The second-order valence-corrected chi connectivity index (χ2v) is 7.81. The van der Waals surface area contributed by atoms with Gasteiger partial charge in [-0.1, -0.05) is 38.4 Å². The number of amides is 2. The lowest BCUT2D eigenvalue weighted by Gasteiger charge is -2.34. The molecule has 0 aromatic heterocycles. The molecule has 1 aromatic carbocycles. The smallest absolute Gasteiger partial charge is 0.251 e. The van der Waals surface area contributed by atoms with Crippen LogP contribution >= 0.6 is 11.6 Å². The zero-order valence-electron chi connectivity index (χ0n) is 14.1. The molecule has 1 N–H and O–H groups in total. The van der Waals surface area contributed by atoms with Crippen molar-refractivity contribution in [2.75, 3.05) is 13.1 Å². The van der Waals surface area contributed by atoms with Gasteiger partial charge < -0.3 is 10.2 Å². The minimum atomic E-state index is -0.105. The lowest BCUT2D eigenvalue weighted by molar-refractivity contribution is -0.134. The first-order valence-electron chi connectivity index (χ1n) is 8.09. The van der Waals surface area contributed by atoms with Crippen molar-refractivity contribution in [1.82, 2.24) is 10.2 Å². The maximum atomic E-state index is 12.2. The SMILES string of the molecule is CC(C)(C)CC(=O)N1CCC(NC(=O)c2cccc(Cl)c2)CC1. The number of nitrogens with one attached hydrogen (secondary N) is 1. The van der Waals surface area contributed by atoms with Crippen LogP contribution in [0.2, 0.25) is 5.02 Å². The molecule has 1 aliphatic rings. The Kier molecular flexibility index (Phi) is 5.69. The van der Waals surface area contributed by atoms with Gasteiger partial charge in [0.1, 0.15) is 0 Å².